The van der Waals surface area contributed by atoms with E-state index < -0.39 is 11.9 Å². The molecule has 6 nitrogen and oxygen atoms in total. The Bertz CT molecular complexity index is 651. The summed E-state index contributed by atoms with van der Waals surface area (Å²) in [5.41, 5.74) is 2.68. The van der Waals surface area contributed by atoms with E-state index in [0.717, 1.165) is 16.7 Å². The largest absolute Gasteiger partial charge is 0.464 e. The SMILES string of the molecule is CCc1cc(OC(C)=O)cc(CC)c1/C=C(/NC(C)=O)C(=O)OC. The summed E-state index contributed by atoms with van der Waals surface area (Å²) in [5.74, 6) is -0.916. The van der Waals surface area contributed by atoms with Gasteiger partial charge in [0, 0.05) is 13.8 Å². The number of hydrogen-bond acceptors (Lipinski definition) is 5. The van der Waals surface area contributed by atoms with Crippen molar-refractivity contribution in [2.24, 2.45) is 0 Å². The fraction of sp³-hybridized carbons (Fsp3) is 0.389. The molecule has 0 aromatic heterocycles. The van der Waals surface area contributed by atoms with Crippen LogP contribution >= 0.6 is 0 Å². The Hall–Kier alpha value is -2.63. The lowest BCUT2D eigenvalue weighted by Gasteiger charge is -2.14. The third-order valence-electron chi connectivity index (χ3n) is 3.35. The molecule has 0 saturated carbocycles. The molecule has 1 amide bonds. The van der Waals surface area contributed by atoms with E-state index in [1.165, 1.54) is 21.0 Å². The topological polar surface area (TPSA) is 81.7 Å². The van der Waals surface area contributed by atoms with Crippen molar-refractivity contribution in [1.82, 2.24) is 5.32 Å². The standard InChI is InChI=1S/C18H23NO5/c1-6-13-8-15(24-12(4)21)9-14(7-2)16(13)10-17(18(22)23-5)19-11(3)20/h8-10H,6-7H2,1-5H3,(H,19,20)/b17-10+. The maximum atomic E-state index is 11.9. The van der Waals surface area contributed by atoms with Crippen molar-refractivity contribution in [2.75, 3.05) is 7.11 Å². The van der Waals surface area contributed by atoms with Crippen molar-refractivity contribution in [2.45, 2.75) is 40.5 Å². The molecule has 24 heavy (non-hydrogen) atoms. The highest BCUT2D eigenvalue weighted by molar-refractivity contribution is 5.97. The van der Waals surface area contributed by atoms with Crippen molar-refractivity contribution in [3.63, 3.8) is 0 Å². The van der Waals surface area contributed by atoms with Gasteiger partial charge in [0.25, 0.3) is 0 Å². The van der Waals surface area contributed by atoms with Crippen LogP contribution in [0.5, 0.6) is 5.75 Å². The van der Waals surface area contributed by atoms with E-state index in [0.29, 0.717) is 18.6 Å². The summed E-state index contributed by atoms with van der Waals surface area (Å²) in [5, 5.41) is 2.49. The molecule has 0 radical (unpaired) electrons. The smallest absolute Gasteiger partial charge is 0.354 e. The van der Waals surface area contributed by atoms with Crippen LogP contribution in [0.3, 0.4) is 0 Å². The lowest BCUT2D eigenvalue weighted by Crippen LogP contribution is -2.25. The van der Waals surface area contributed by atoms with Crippen molar-refractivity contribution in [3.8, 4) is 5.75 Å². The Kier molecular flexibility index (Phi) is 7.17. The molecule has 0 aliphatic carbocycles. The second kappa shape index (κ2) is 8.86. The molecule has 130 valence electrons. The van der Waals surface area contributed by atoms with E-state index >= 15 is 0 Å². The third kappa shape index (κ3) is 5.22. The average Bonchev–Trinajstić information content (AvgIpc) is 2.53. The number of carbonyl (C=O) groups is 3. The zero-order valence-electron chi connectivity index (χ0n) is 14.7. The highest BCUT2D eigenvalue weighted by Gasteiger charge is 2.15. The second-order valence-corrected chi connectivity index (χ2v) is 5.19. The first-order valence-electron chi connectivity index (χ1n) is 7.74. The number of carbonyl (C=O) groups excluding carboxylic acids is 3. The molecule has 0 atom stereocenters. The van der Waals surface area contributed by atoms with Crippen molar-refractivity contribution in [1.29, 1.82) is 0 Å². The molecule has 1 N–H and O–H groups in total. The molecular formula is C18H23NO5. The van der Waals surface area contributed by atoms with Crippen LogP contribution in [0.2, 0.25) is 0 Å². The van der Waals surface area contributed by atoms with Crippen LogP contribution in [0.15, 0.2) is 17.8 Å². The summed E-state index contributed by atoms with van der Waals surface area (Å²) >= 11 is 0. The van der Waals surface area contributed by atoms with E-state index in [1.54, 1.807) is 18.2 Å². The summed E-state index contributed by atoms with van der Waals surface area (Å²) in [4.78, 5) is 34.4. The number of hydrogen-bond donors (Lipinski definition) is 1. The van der Waals surface area contributed by atoms with E-state index in [4.69, 9.17) is 9.47 Å². The van der Waals surface area contributed by atoms with Crippen LogP contribution in [0.1, 0.15) is 44.4 Å². The van der Waals surface area contributed by atoms with Gasteiger partial charge in [0.1, 0.15) is 11.4 Å². The number of rotatable bonds is 6. The predicted molar refractivity (Wildman–Crippen MR) is 90.3 cm³/mol. The molecule has 0 aliphatic heterocycles. The van der Waals surface area contributed by atoms with Gasteiger partial charge in [-0.3, -0.25) is 9.59 Å². The first-order valence-corrected chi connectivity index (χ1v) is 7.74. The Balaban J connectivity index is 3.48. The minimum atomic E-state index is -0.627. The quantitative estimate of drug-likeness (QED) is 0.491. The molecule has 1 aromatic rings. The minimum Gasteiger partial charge on any atom is -0.464 e. The molecule has 0 fully saturated rings. The van der Waals surface area contributed by atoms with Crippen LogP contribution in [0.25, 0.3) is 6.08 Å². The van der Waals surface area contributed by atoms with Crippen LogP contribution < -0.4 is 10.1 Å². The molecular weight excluding hydrogens is 310 g/mol. The zero-order valence-corrected chi connectivity index (χ0v) is 14.7. The van der Waals surface area contributed by atoms with Gasteiger partial charge in [-0.1, -0.05) is 13.8 Å². The molecule has 1 aromatic carbocycles. The van der Waals surface area contributed by atoms with Crippen LogP contribution in [-0.4, -0.2) is 25.0 Å². The summed E-state index contributed by atoms with van der Waals surface area (Å²) in [6.45, 7) is 6.58. The van der Waals surface area contributed by atoms with Crippen LogP contribution in [0, 0.1) is 0 Å². The summed E-state index contributed by atoms with van der Waals surface area (Å²) in [6.07, 6.45) is 2.94. The van der Waals surface area contributed by atoms with Gasteiger partial charge in [-0.25, -0.2) is 4.79 Å². The molecule has 0 saturated heterocycles. The van der Waals surface area contributed by atoms with Crippen molar-refractivity contribution in [3.05, 3.63) is 34.5 Å². The lowest BCUT2D eigenvalue weighted by atomic mass is 9.96. The molecule has 0 bridgehead atoms. The molecule has 0 spiro atoms. The Morgan fingerprint density at radius 1 is 1.08 bits per heavy atom. The summed E-state index contributed by atoms with van der Waals surface area (Å²) in [7, 11) is 1.25. The van der Waals surface area contributed by atoms with Gasteiger partial charge >= 0.3 is 11.9 Å². The van der Waals surface area contributed by atoms with E-state index in [2.05, 4.69) is 5.32 Å². The van der Waals surface area contributed by atoms with Gasteiger partial charge in [0.2, 0.25) is 5.91 Å². The number of nitrogens with one attached hydrogen (secondary N) is 1. The van der Waals surface area contributed by atoms with Gasteiger partial charge in [-0.15, -0.1) is 0 Å². The van der Waals surface area contributed by atoms with Gasteiger partial charge in [-0.2, -0.15) is 0 Å². The zero-order chi connectivity index (χ0) is 18.3. The number of benzene rings is 1. The normalized spacial score (nSPS) is 11.0. The number of aryl methyl sites for hydroxylation is 2. The maximum absolute atomic E-state index is 11.9. The summed E-state index contributed by atoms with van der Waals surface area (Å²) < 4.78 is 9.89. The first-order chi connectivity index (χ1) is 11.3. The molecule has 0 unspecified atom stereocenters. The summed E-state index contributed by atoms with van der Waals surface area (Å²) in [6, 6.07) is 3.52. The Labute approximate surface area is 141 Å². The number of methoxy groups -OCH3 is 1. The average molecular weight is 333 g/mol. The fourth-order valence-electron chi connectivity index (χ4n) is 2.33. The second-order valence-electron chi connectivity index (χ2n) is 5.19. The Morgan fingerprint density at radius 3 is 2.00 bits per heavy atom. The van der Waals surface area contributed by atoms with Crippen molar-refractivity contribution >= 4 is 23.9 Å². The van der Waals surface area contributed by atoms with Gasteiger partial charge in [0.05, 0.1) is 7.11 Å². The molecule has 0 aliphatic rings. The number of esters is 2. The maximum Gasteiger partial charge on any atom is 0.354 e. The van der Waals surface area contributed by atoms with Gasteiger partial charge in [-0.05, 0) is 47.7 Å². The van der Waals surface area contributed by atoms with Crippen molar-refractivity contribution < 1.29 is 23.9 Å². The highest BCUT2D eigenvalue weighted by atomic mass is 16.5. The van der Waals surface area contributed by atoms with E-state index in [1.807, 2.05) is 13.8 Å². The number of ether oxygens (including phenoxy) is 2. The third-order valence-corrected chi connectivity index (χ3v) is 3.35. The minimum absolute atomic E-state index is 0.0645. The number of amides is 1. The fourth-order valence-corrected chi connectivity index (χ4v) is 2.33. The monoisotopic (exact) mass is 333 g/mol. The van der Waals surface area contributed by atoms with E-state index in [9.17, 15) is 14.4 Å². The van der Waals surface area contributed by atoms with Crippen LogP contribution in [0.4, 0.5) is 0 Å². The highest BCUT2D eigenvalue weighted by Crippen LogP contribution is 2.26. The molecule has 0 heterocycles. The van der Waals surface area contributed by atoms with Gasteiger partial charge in [0.15, 0.2) is 0 Å². The lowest BCUT2D eigenvalue weighted by molar-refractivity contribution is -0.137. The van der Waals surface area contributed by atoms with Gasteiger partial charge < -0.3 is 14.8 Å². The molecule has 6 heteroatoms. The van der Waals surface area contributed by atoms with E-state index in [-0.39, 0.29) is 11.6 Å². The predicted octanol–water partition coefficient (Wildman–Crippen LogP) is 2.39. The molecule has 1 rings (SSSR count). The van der Waals surface area contributed by atoms with Crippen LogP contribution in [-0.2, 0) is 32.0 Å². The first kappa shape index (κ1) is 19.4. The Morgan fingerprint density at radius 2 is 1.62 bits per heavy atom.